The average molecular weight is 1050 g/mol. The number of likely N-dealkylation sites (tertiary alicyclic amines) is 3. The zero-order chi connectivity index (χ0) is 51.9. The van der Waals surface area contributed by atoms with Gasteiger partial charge in [-0.25, -0.2) is 4.98 Å². The number of amides is 4. The van der Waals surface area contributed by atoms with Crippen molar-refractivity contribution >= 4 is 63.6 Å². The van der Waals surface area contributed by atoms with Crippen LogP contribution in [-0.2, 0) is 19.2 Å². The van der Waals surface area contributed by atoms with E-state index in [-0.39, 0.29) is 54.6 Å². The number of benzene rings is 2. The molecular weight excluding hydrogens is 978 g/mol. The lowest BCUT2D eigenvalue weighted by Crippen LogP contribution is -2.59. The maximum absolute atomic E-state index is 14.5. The van der Waals surface area contributed by atoms with Crippen molar-refractivity contribution in [2.24, 2.45) is 16.3 Å². The number of hydrogen-bond donors (Lipinski definition) is 3. The molecule has 0 bridgehead atoms. The fraction of sp³-hybridized carbons (Fsp3) is 0.527. The molecule has 5 aromatic rings. The highest BCUT2D eigenvalue weighted by atomic mass is 35.5. The molecule has 0 radical (unpaired) electrons. The van der Waals surface area contributed by atoms with Crippen LogP contribution in [0.15, 0.2) is 59.0 Å². The molecule has 3 aromatic heterocycles. The van der Waals surface area contributed by atoms with Crippen molar-refractivity contribution in [3.8, 4) is 15.4 Å². The van der Waals surface area contributed by atoms with E-state index in [2.05, 4.69) is 78.4 Å². The van der Waals surface area contributed by atoms with Crippen LogP contribution in [0.5, 0.6) is 0 Å². The zero-order valence-electron chi connectivity index (χ0n) is 43.6. The molecule has 0 saturated carbocycles. The molecule has 0 unspecified atom stereocenters. The van der Waals surface area contributed by atoms with Crippen LogP contribution < -0.4 is 16.0 Å². The van der Waals surface area contributed by atoms with Gasteiger partial charge in [-0.2, -0.15) is 0 Å². The summed E-state index contributed by atoms with van der Waals surface area (Å²) in [6.07, 6.45) is 4.28. The first kappa shape index (κ1) is 52.5. The lowest BCUT2D eigenvalue weighted by Gasteiger charge is -2.42. The molecule has 388 valence electrons. The van der Waals surface area contributed by atoms with Crippen LogP contribution in [0.4, 0.5) is 0 Å². The van der Waals surface area contributed by atoms with Crippen LogP contribution in [0.3, 0.4) is 0 Å². The van der Waals surface area contributed by atoms with Gasteiger partial charge in [0, 0.05) is 65.8 Å². The predicted molar refractivity (Wildman–Crippen MR) is 290 cm³/mol. The van der Waals surface area contributed by atoms with Gasteiger partial charge in [0.1, 0.15) is 29.0 Å². The highest BCUT2D eigenvalue weighted by Gasteiger charge is 2.44. The largest absolute Gasteiger partial charge is 0.353 e. The molecule has 5 atom stereocenters. The number of hydrogen-bond acceptors (Lipinski definition) is 12. The molecular formula is C55H70ClN11O4S2. The number of halogens is 1. The van der Waals surface area contributed by atoms with Crippen LogP contribution in [0, 0.1) is 39.0 Å². The Balaban J connectivity index is 0.749. The van der Waals surface area contributed by atoms with E-state index in [9.17, 15) is 19.2 Å². The number of piperidine rings is 2. The number of aromatic nitrogens is 4. The van der Waals surface area contributed by atoms with Crippen molar-refractivity contribution in [2.45, 2.75) is 137 Å². The van der Waals surface area contributed by atoms with Gasteiger partial charge in [-0.15, -0.1) is 32.9 Å². The summed E-state index contributed by atoms with van der Waals surface area (Å²) < 4.78 is 2.08. The SMILES string of the molecule is Cc1ncsc1-c1ccc([C@H](C)NC(=O)[C@@H]2C[C@@H](C)CN2C(=O)[C@@H](NC(=O)CN2CCC(N3CCC(NC(=O)C[C@@H]4N=C(c5ccc(Cl)cc5)c5c(sc(C)c5C)-n5c(C)nnc54)CC3)CC2)C(C)(C)C)cc1. The molecule has 7 heterocycles. The third-order valence-electron chi connectivity index (χ3n) is 15.4. The number of nitrogens with zero attached hydrogens (tertiary/aromatic N) is 8. The molecule has 15 nitrogen and oxygen atoms in total. The normalized spacial score (nSPS) is 20.9. The van der Waals surface area contributed by atoms with Gasteiger partial charge >= 0.3 is 0 Å². The molecule has 3 saturated heterocycles. The molecule has 4 amide bonds. The number of rotatable bonds is 13. The first-order valence-electron chi connectivity index (χ1n) is 25.9. The maximum Gasteiger partial charge on any atom is 0.246 e. The van der Waals surface area contributed by atoms with E-state index in [0.717, 1.165) is 107 Å². The maximum atomic E-state index is 14.5. The Bertz CT molecular complexity index is 2850. The lowest BCUT2D eigenvalue weighted by molar-refractivity contribution is -0.144. The van der Waals surface area contributed by atoms with Crippen LogP contribution in [0.2, 0.25) is 5.02 Å². The average Bonchev–Trinajstić information content (AvgIpc) is 4.13. The fourth-order valence-corrected chi connectivity index (χ4v) is 13.3. The second-order valence-corrected chi connectivity index (χ2v) is 24.3. The van der Waals surface area contributed by atoms with E-state index in [1.54, 1.807) is 27.6 Å². The van der Waals surface area contributed by atoms with E-state index in [0.29, 0.717) is 29.9 Å². The van der Waals surface area contributed by atoms with Crippen LogP contribution in [-0.4, -0.2) is 127 Å². The van der Waals surface area contributed by atoms with E-state index >= 15 is 0 Å². The van der Waals surface area contributed by atoms with Gasteiger partial charge in [0.2, 0.25) is 23.6 Å². The van der Waals surface area contributed by atoms with Crippen molar-refractivity contribution in [1.29, 1.82) is 0 Å². The number of aryl methyl sites for hydroxylation is 3. The molecule has 2 aromatic carbocycles. The topological polar surface area (TPSA) is 170 Å². The molecule has 9 rings (SSSR count). The summed E-state index contributed by atoms with van der Waals surface area (Å²) in [4.78, 5) is 74.4. The minimum absolute atomic E-state index is 0.0545. The minimum Gasteiger partial charge on any atom is -0.353 e. The Morgan fingerprint density at radius 2 is 1.55 bits per heavy atom. The summed E-state index contributed by atoms with van der Waals surface area (Å²) in [5, 5.41) is 20.4. The number of fused-ring (bicyclic) bond motifs is 3. The van der Waals surface area contributed by atoms with E-state index in [4.69, 9.17) is 16.6 Å². The Morgan fingerprint density at radius 1 is 0.863 bits per heavy atom. The summed E-state index contributed by atoms with van der Waals surface area (Å²) in [5.41, 5.74) is 8.28. The van der Waals surface area contributed by atoms with Gasteiger partial charge in [0.25, 0.3) is 0 Å². The quantitative estimate of drug-likeness (QED) is 0.105. The second kappa shape index (κ2) is 21.9. The monoisotopic (exact) mass is 1050 g/mol. The Morgan fingerprint density at radius 3 is 2.21 bits per heavy atom. The van der Waals surface area contributed by atoms with Crippen LogP contribution >= 0.6 is 34.3 Å². The minimum atomic E-state index is -0.793. The summed E-state index contributed by atoms with van der Waals surface area (Å²) >= 11 is 9.60. The molecule has 0 aliphatic carbocycles. The van der Waals surface area contributed by atoms with E-state index in [1.165, 1.54) is 4.88 Å². The van der Waals surface area contributed by atoms with Crippen molar-refractivity contribution in [1.82, 2.24) is 50.4 Å². The third-order valence-corrected chi connectivity index (χ3v) is 17.8. The number of carbonyl (C=O) groups excluding carboxylic acids is 4. The Labute approximate surface area is 442 Å². The number of thiophene rings is 1. The zero-order valence-corrected chi connectivity index (χ0v) is 46.0. The van der Waals surface area contributed by atoms with Gasteiger partial charge < -0.3 is 25.8 Å². The Kier molecular flexibility index (Phi) is 15.7. The van der Waals surface area contributed by atoms with Crippen molar-refractivity contribution in [2.75, 3.05) is 39.3 Å². The Hall–Kier alpha value is -5.33. The highest BCUT2D eigenvalue weighted by molar-refractivity contribution is 7.15. The molecule has 4 aliphatic rings. The number of thiazole rings is 1. The smallest absolute Gasteiger partial charge is 0.246 e. The van der Waals surface area contributed by atoms with Crippen molar-refractivity contribution < 1.29 is 19.2 Å². The number of aliphatic imine (C=N–C) groups is 1. The van der Waals surface area contributed by atoms with Crippen LogP contribution in [0.25, 0.3) is 15.4 Å². The van der Waals surface area contributed by atoms with Gasteiger partial charge in [0.05, 0.1) is 40.8 Å². The van der Waals surface area contributed by atoms with Gasteiger partial charge in [0.15, 0.2) is 5.82 Å². The summed E-state index contributed by atoms with van der Waals surface area (Å²) in [6, 6.07) is 14.2. The fourth-order valence-electron chi connectivity index (χ4n) is 11.1. The first-order valence-corrected chi connectivity index (χ1v) is 27.9. The van der Waals surface area contributed by atoms with E-state index in [1.807, 2.05) is 83.5 Å². The molecule has 73 heavy (non-hydrogen) atoms. The number of nitrogens with one attached hydrogen (secondary N) is 3. The molecule has 4 aliphatic heterocycles. The lowest BCUT2D eigenvalue weighted by atomic mass is 9.85. The van der Waals surface area contributed by atoms with Gasteiger partial charge in [-0.1, -0.05) is 75.7 Å². The van der Waals surface area contributed by atoms with E-state index < -0.39 is 23.5 Å². The van der Waals surface area contributed by atoms with Crippen LogP contribution in [0.1, 0.15) is 130 Å². The number of carbonyl (C=O) groups is 4. The summed E-state index contributed by atoms with van der Waals surface area (Å²) in [6.45, 7) is 22.1. The van der Waals surface area contributed by atoms with Crippen molar-refractivity contribution in [3.63, 3.8) is 0 Å². The highest BCUT2D eigenvalue weighted by Crippen LogP contribution is 2.40. The molecule has 3 N–H and O–H groups in total. The third kappa shape index (κ3) is 11.5. The van der Waals surface area contributed by atoms with Gasteiger partial charge in [-0.05, 0) is 107 Å². The molecule has 3 fully saturated rings. The molecule has 0 spiro atoms. The van der Waals surface area contributed by atoms with Crippen molar-refractivity contribution in [3.05, 3.63) is 104 Å². The molecule has 18 heteroatoms. The standard InChI is InChI=1S/C55H70ClN11O4S2/c1-31-26-44(52(70)58-33(3)37-10-12-39(13-11-37)49-34(4)57-30-72-49)66(28-31)53(71)50(55(7,8)9)61-46(69)29-64-22-20-42(21-23-64)65-24-18-41(19-25-65)59-45(68)27-43-51-63-62-36(6)67(51)54-47(32(2)35(5)73-54)48(60-43)38-14-16-40(56)17-15-38/h10-17,30-31,33,41-44,50H,18-29H2,1-9H3,(H,58,70)(H,59,68)(H,61,69)/t31-,33+,43+,44+,50-/m1/s1. The summed E-state index contributed by atoms with van der Waals surface area (Å²) in [7, 11) is 0. The second-order valence-electron chi connectivity index (χ2n) is 21.8. The first-order chi connectivity index (χ1) is 34.8. The van der Waals surface area contributed by atoms with Gasteiger partial charge in [-0.3, -0.25) is 33.6 Å². The predicted octanol–water partition coefficient (Wildman–Crippen LogP) is 8.31. The summed E-state index contributed by atoms with van der Waals surface area (Å²) in [5.74, 6) is 0.923.